The second kappa shape index (κ2) is 7.52. The number of nitrogens with zero attached hydrogens (tertiary/aromatic N) is 2. The maximum absolute atomic E-state index is 13.2. The summed E-state index contributed by atoms with van der Waals surface area (Å²) in [6.45, 7) is 0.190. The predicted octanol–water partition coefficient (Wildman–Crippen LogP) is 4.74. The Balaban J connectivity index is 1.79. The highest BCUT2D eigenvalue weighted by Gasteiger charge is 2.33. The largest absolute Gasteiger partial charge is 0.416 e. The van der Waals surface area contributed by atoms with Crippen LogP contribution in [0.2, 0.25) is 0 Å². The minimum Gasteiger partial charge on any atom is -0.410 e. The van der Waals surface area contributed by atoms with E-state index in [0.29, 0.717) is 12.0 Å². The molecule has 0 fully saturated rings. The highest BCUT2D eigenvalue weighted by molar-refractivity contribution is 5.73. The van der Waals surface area contributed by atoms with Crippen molar-refractivity contribution in [3.63, 3.8) is 0 Å². The van der Waals surface area contributed by atoms with Gasteiger partial charge in [0.2, 0.25) is 0 Å². The quantitative estimate of drug-likeness (QED) is 0.487. The lowest BCUT2D eigenvalue weighted by atomic mass is 9.88. The second-order valence-electron chi connectivity index (χ2n) is 6.20. The molecule has 0 unspecified atom stereocenters. The van der Waals surface area contributed by atoms with Gasteiger partial charge in [-0.05, 0) is 35.2 Å². The van der Waals surface area contributed by atoms with Gasteiger partial charge >= 0.3 is 6.09 Å². The topological polar surface area (TPSA) is 72.7 Å². The van der Waals surface area contributed by atoms with E-state index in [9.17, 15) is 14.9 Å². The molecule has 1 atom stereocenters. The molecule has 1 amide bonds. The zero-order chi connectivity index (χ0) is 23.9. The molecule has 0 bridgehead atoms. The molecule has 1 heterocycles. The molecule has 1 aliphatic heterocycles. The van der Waals surface area contributed by atoms with E-state index in [1.165, 1.54) is 29.2 Å². The monoisotopic (exact) mass is 379 g/mol. The molecule has 0 aliphatic carbocycles. The Bertz CT molecular complexity index is 1240. The Kier molecular flexibility index (Phi) is 3.40. The summed E-state index contributed by atoms with van der Waals surface area (Å²) in [6.07, 6.45) is -0.309. The highest BCUT2D eigenvalue weighted by atomic mass is 16.6. The van der Waals surface area contributed by atoms with Crippen LogP contribution in [-0.2, 0) is 6.42 Å². The number of ether oxygens (including phenoxy) is 1. The van der Waals surface area contributed by atoms with Crippen molar-refractivity contribution < 1.29 is 21.3 Å². The van der Waals surface area contributed by atoms with Gasteiger partial charge in [-0.3, -0.25) is 15.0 Å². The number of rotatable bonds is 3. The predicted molar refractivity (Wildman–Crippen MR) is 104 cm³/mol. The number of carbonyl (C=O) groups is 1. The average Bonchev–Trinajstić information content (AvgIpc) is 2.82. The Morgan fingerprint density at radius 3 is 2.54 bits per heavy atom. The van der Waals surface area contributed by atoms with E-state index in [1.807, 2.05) is 12.1 Å². The van der Waals surface area contributed by atoms with Gasteiger partial charge in [-0.2, -0.15) is 0 Å². The van der Waals surface area contributed by atoms with Crippen LogP contribution < -0.4 is 4.74 Å². The molecule has 140 valence electrons. The third-order valence-electron chi connectivity index (χ3n) is 4.56. The first kappa shape index (κ1) is 12.7. The van der Waals surface area contributed by atoms with Crippen LogP contribution >= 0.6 is 0 Å². The summed E-state index contributed by atoms with van der Waals surface area (Å²) in [6, 6.07) is 9.00. The van der Waals surface area contributed by atoms with Crippen molar-refractivity contribution in [3.05, 3.63) is 106 Å². The van der Waals surface area contributed by atoms with E-state index in [-0.39, 0.29) is 23.5 Å². The van der Waals surface area contributed by atoms with Crippen LogP contribution in [0.1, 0.15) is 29.6 Å². The molecular weight excluding hydrogens is 356 g/mol. The van der Waals surface area contributed by atoms with E-state index in [0.717, 1.165) is 5.56 Å². The zero-order valence-corrected chi connectivity index (χ0v) is 14.6. The van der Waals surface area contributed by atoms with Gasteiger partial charge in [-0.25, -0.2) is 4.79 Å². The first-order valence-corrected chi connectivity index (χ1v) is 8.58. The van der Waals surface area contributed by atoms with Crippen LogP contribution in [0.5, 0.6) is 5.75 Å². The van der Waals surface area contributed by atoms with Crippen molar-refractivity contribution in [1.29, 1.82) is 0 Å². The van der Waals surface area contributed by atoms with Gasteiger partial charge in [0.25, 0.3) is 5.69 Å². The van der Waals surface area contributed by atoms with Crippen molar-refractivity contribution in [2.45, 2.75) is 12.5 Å². The molecule has 1 aliphatic rings. The van der Waals surface area contributed by atoms with E-state index >= 15 is 0 Å². The molecule has 3 aromatic rings. The smallest absolute Gasteiger partial charge is 0.410 e. The summed E-state index contributed by atoms with van der Waals surface area (Å²) in [5, 5.41) is 10.9. The minimum atomic E-state index is -0.964. The number of nitro benzene ring substituents is 1. The Morgan fingerprint density at radius 2 is 1.82 bits per heavy atom. The van der Waals surface area contributed by atoms with Crippen LogP contribution in [0.15, 0.2) is 78.7 Å². The number of non-ortho nitro benzene ring substituents is 1. The lowest BCUT2D eigenvalue weighted by molar-refractivity contribution is -0.384. The molecule has 6 nitrogen and oxygen atoms in total. The van der Waals surface area contributed by atoms with Crippen LogP contribution in [0.4, 0.5) is 10.5 Å². The van der Waals surface area contributed by atoms with E-state index in [4.69, 9.17) is 11.6 Å². The van der Waals surface area contributed by atoms with Crippen LogP contribution in [0.3, 0.4) is 0 Å². The van der Waals surface area contributed by atoms with E-state index in [1.54, 1.807) is 12.1 Å². The summed E-state index contributed by atoms with van der Waals surface area (Å²) in [5.74, 6) is 0.0873. The molecule has 0 saturated heterocycles. The molecule has 6 heteroatoms. The second-order valence-corrected chi connectivity index (χ2v) is 6.20. The minimum absolute atomic E-state index is 0.0196. The number of nitro groups is 1. The fraction of sp³-hybridized carbons (Fsp3) is 0.136. The van der Waals surface area contributed by atoms with Crippen molar-refractivity contribution in [2.24, 2.45) is 0 Å². The van der Waals surface area contributed by atoms with Crippen molar-refractivity contribution in [1.82, 2.24) is 4.90 Å². The molecule has 0 radical (unpaired) electrons. The zero-order valence-electron chi connectivity index (χ0n) is 19.6. The first-order valence-electron chi connectivity index (χ1n) is 11.1. The Morgan fingerprint density at radius 1 is 1.11 bits per heavy atom. The molecule has 3 aromatic carbocycles. The van der Waals surface area contributed by atoms with Crippen molar-refractivity contribution in [2.75, 3.05) is 6.54 Å². The lowest BCUT2D eigenvalue weighted by Crippen LogP contribution is -2.42. The average molecular weight is 379 g/mol. The molecule has 0 N–H and O–H groups in total. The fourth-order valence-corrected chi connectivity index (χ4v) is 3.27. The summed E-state index contributed by atoms with van der Waals surface area (Å²) < 4.78 is 46.2. The van der Waals surface area contributed by atoms with Gasteiger partial charge in [0.05, 0.1) is 17.8 Å². The molecular formula is C22H18N2O4. The Labute approximate surface area is 169 Å². The van der Waals surface area contributed by atoms with Gasteiger partial charge in [0, 0.05) is 18.7 Å². The number of hydrogen-bond acceptors (Lipinski definition) is 4. The third kappa shape index (κ3) is 3.44. The van der Waals surface area contributed by atoms with Crippen LogP contribution in [0.25, 0.3) is 0 Å². The number of amides is 1. The number of fused-ring (bicyclic) bond motifs is 1. The SMILES string of the molecule is [2H]c1c([2H])c([2H])c([C@H]2c3ccccc3CCN2C(=O)Oc2ccc([N+](=O)[O-])cc2)c([2H])c1[2H]. The maximum Gasteiger partial charge on any atom is 0.416 e. The van der Waals surface area contributed by atoms with Crippen LogP contribution in [-0.4, -0.2) is 22.5 Å². The van der Waals surface area contributed by atoms with Gasteiger partial charge in [-0.1, -0.05) is 54.5 Å². The van der Waals surface area contributed by atoms with E-state index < -0.39 is 47.3 Å². The normalized spacial score (nSPS) is 18.1. The van der Waals surface area contributed by atoms with Gasteiger partial charge in [-0.15, -0.1) is 0 Å². The van der Waals surface area contributed by atoms with Crippen molar-refractivity contribution in [3.8, 4) is 5.75 Å². The summed E-state index contributed by atoms with van der Waals surface area (Å²) in [5.41, 5.74) is 1.36. The lowest BCUT2D eigenvalue weighted by Gasteiger charge is -2.36. The molecule has 0 aromatic heterocycles. The molecule has 28 heavy (non-hydrogen) atoms. The Hall–Kier alpha value is -3.67. The summed E-state index contributed by atoms with van der Waals surface area (Å²) >= 11 is 0. The van der Waals surface area contributed by atoms with Gasteiger partial charge < -0.3 is 4.74 Å². The number of carbonyl (C=O) groups excluding carboxylic acids is 1. The standard InChI is InChI=1S/C22H18N2O4/c25-22(28-19-12-10-18(11-13-19)24(26)27)23-15-14-16-6-4-5-9-20(16)21(23)17-7-2-1-3-8-17/h1-13,21H,14-15H2/t21-/m0/s1/i1D,2D,3D,7D,8D. The molecule has 4 rings (SSSR count). The van der Waals surface area contributed by atoms with E-state index in [2.05, 4.69) is 0 Å². The first-order chi connectivity index (χ1) is 15.7. The van der Waals surface area contributed by atoms with Gasteiger partial charge in [0.1, 0.15) is 5.75 Å². The van der Waals surface area contributed by atoms with Gasteiger partial charge in [0.15, 0.2) is 0 Å². The summed E-state index contributed by atoms with van der Waals surface area (Å²) in [7, 11) is 0. The molecule has 0 saturated carbocycles. The highest BCUT2D eigenvalue weighted by Crippen LogP contribution is 2.35. The molecule has 0 spiro atoms. The fourth-order valence-electron chi connectivity index (χ4n) is 3.27. The van der Waals surface area contributed by atoms with Crippen molar-refractivity contribution >= 4 is 11.8 Å². The summed E-state index contributed by atoms with van der Waals surface area (Å²) in [4.78, 5) is 24.8. The number of benzene rings is 3. The number of hydrogen-bond donors (Lipinski definition) is 0. The maximum atomic E-state index is 13.2. The van der Waals surface area contributed by atoms with Crippen LogP contribution in [0, 0.1) is 10.1 Å². The third-order valence-corrected chi connectivity index (χ3v) is 4.56.